The molecule has 1 N–H and O–H groups in total. The van der Waals surface area contributed by atoms with E-state index in [0.29, 0.717) is 36.7 Å². The second-order valence-corrected chi connectivity index (χ2v) is 9.05. The highest BCUT2D eigenvalue weighted by molar-refractivity contribution is 6.31. The molecule has 2 heterocycles. The van der Waals surface area contributed by atoms with E-state index in [1.165, 1.54) is 12.1 Å². The van der Waals surface area contributed by atoms with Crippen LogP contribution in [0.15, 0.2) is 28.8 Å². The number of benzene rings is 1. The molecule has 2 aliphatic carbocycles. The summed E-state index contributed by atoms with van der Waals surface area (Å²) in [5.41, 5.74) is -0.287. The summed E-state index contributed by atoms with van der Waals surface area (Å²) in [6.07, 6.45) is 1.84. The zero-order valence-corrected chi connectivity index (χ0v) is 18.3. The number of nitrogens with zero attached hydrogens (tertiary/aromatic N) is 4. The van der Waals surface area contributed by atoms with Crippen LogP contribution >= 0.6 is 11.6 Å². The van der Waals surface area contributed by atoms with Gasteiger partial charge in [-0.1, -0.05) is 29.2 Å². The predicted octanol–water partition coefficient (Wildman–Crippen LogP) is 4.66. The molecule has 0 aliphatic heterocycles. The van der Waals surface area contributed by atoms with Crippen molar-refractivity contribution in [3.8, 4) is 11.6 Å². The van der Waals surface area contributed by atoms with Crippen molar-refractivity contribution in [3.05, 3.63) is 52.2 Å². The minimum Gasteiger partial charge on any atom is -0.354 e. The van der Waals surface area contributed by atoms with Crippen LogP contribution < -0.4 is 5.32 Å². The van der Waals surface area contributed by atoms with Gasteiger partial charge in [0.25, 0.3) is 12.3 Å². The summed E-state index contributed by atoms with van der Waals surface area (Å²) in [5, 5.41) is 11.2. The molecule has 174 valence electrons. The third-order valence-corrected chi connectivity index (χ3v) is 6.72. The van der Waals surface area contributed by atoms with E-state index in [1.54, 1.807) is 6.07 Å². The van der Waals surface area contributed by atoms with E-state index in [9.17, 15) is 18.0 Å². The van der Waals surface area contributed by atoms with Crippen molar-refractivity contribution in [3.63, 3.8) is 0 Å². The Morgan fingerprint density at radius 1 is 1.30 bits per heavy atom. The van der Waals surface area contributed by atoms with Crippen molar-refractivity contribution in [2.24, 2.45) is 5.92 Å². The first kappa shape index (κ1) is 21.9. The predicted molar refractivity (Wildman–Crippen MR) is 112 cm³/mol. The Bertz CT molecular complexity index is 1190. The lowest BCUT2D eigenvalue weighted by Crippen LogP contribution is -2.34. The van der Waals surface area contributed by atoms with Crippen LogP contribution in [-0.4, -0.2) is 32.4 Å². The molecule has 0 saturated heterocycles. The smallest absolute Gasteiger partial charge is 0.280 e. The number of hydrogen-bond donors (Lipinski definition) is 1. The lowest BCUT2D eigenvalue weighted by molar-refractivity contribution is -0.122. The van der Waals surface area contributed by atoms with Crippen LogP contribution in [-0.2, 0) is 16.8 Å². The van der Waals surface area contributed by atoms with Crippen LogP contribution in [0.4, 0.5) is 13.2 Å². The second kappa shape index (κ2) is 8.48. The zero-order chi connectivity index (χ0) is 23.2. The van der Waals surface area contributed by atoms with E-state index in [4.69, 9.17) is 16.1 Å². The van der Waals surface area contributed by atoms with Gasteiger partial charge in [-0.05, 0) is 55.4 Å². The average Bonchev–Trinajstić information content (AvgIpc) is 3.17. The molecule has 1 amide bonds. The molecule has 0 atom stereocenters. The van der Waals surface area contributed by atoms with Crippen molar-refractivity contribution in [2.75, 3.05) is 6.54 Å². The molecule has 0 bridgehead atoms. The largest absolute Gasteiger partial charge is 0.354 e. The van der Waals surface area contributed by atoms with Gasteiger partial charge < -0.3 is 9.84 Å². The van der Waals surface area contributed by atoms with Crippen LogP contribution in [0.25, 0.3) is 11.6 Å². The maximum absolute atomic E-state index is 13.6. The molecule has 2 aliphatic rings. The Labute approximate surface area is 192 Å². The fourth-order valence-electron chi connectivity index (χ4n) is 4.12. The van der Waals surface area contributed by atoms with Gasteiger partial charge in [-0.2, -0.15) is 10.1 Å². The molecule has 7 nitrogen and oxygen atoms in total. The highest BCUT2D eigenvalue weighted by Gasteiger charge is 2.51. The van der Waals surface area contributed by atoms with Gasteiger partial charge in [0.1, 0.15) is 18.1 Å². The summed E-state index contributed by atoms with van der Waals surface area (Å²) >= 11 is 6.23. The normalized spacial score (nSPS) is 17.2. The molecule has 5 rings (SSSR count). The molecule has 1 aromatic carbocycles. The molecule has 33 heavy (non-hydrogen) atoms. The molecule has 3 aromatic rings. The van der Waals surface area contributed by atoms with Gasteiger partial charge in [-0.15, -0.1) is 0 Å². The number of carbonyl (C=O) groups excluding carboxylic acids is 1. The SMILES string of the molecule is O=C(Cn1nc(-c2nc(C3(c4ccc(F)cc4Cl)CC3)no2)cc1C(F)F)NCC1CCC1. The molecule has 2 saturated carbocycles. The molecule has 0 unspecified atom stereocenters. The fourth-order valence-corrected chi connectivity index (χ4v) is 4.47. The first-order valence-electron chi connectivity index (χ1n) is 10.8. The standard InChI is InChI=1S/C22H21ClF3N5O2/c23-15-8-13(24)4-5-14(15)22(6-7-22)21-28-20(33-30-21)16-9-17(19(25)26)31(29-16)11-18(32)27-10-12-2-1-3-12/h4-5,8-9,12,19H,1-3,6-7,10-11H2,(H,27,32). The Morgan fingerprint density at radius 2 is 2.09 bits per heavy atom. The van der Waals surface area contributed by atoms with Crippen LogP contribution in [0.2, 0.25) is 5.02 Å². The Balaban J connectivity index is 1.37. The Morgan fingerprint density at radius 3 is 2.73 bits per heavy atom. The van der Waals surface area contributed by atoms with Gasteiger partial charge in [0.05, 0.1) is 5.41 Å². The Kier molecular flexibility index (Phi) is 5.64. The second-order valence-electron chi connectivity index (χ2n) is 8.64. The summed E-state index contributed by atoms with van der Waals surface area (Å²) in [6, 6.07) is 5.28. The molecular weight excluding hydrogens is 459 g/mol. The van der Waals surface area contributed by atoms with Crippen molar-refractivity contribution >= 4 is 17.5 Å². The van der Waals surface area contributed by atoms with Crippen molar-refractivity contribution in [1.82, 2.24) is 25.2 Å². The van der Waals surface area contributed by atoms with E-state index in [2.05, 4.69) is 20.6 Å². The lowest BCUT2D eigenvalue weighted by Gasteiger charge is -2.25. The van der Waals surface area contributed by atoms with Crippen LogP contribution in [0.3, 0.4) is 0 Å². The summed E-state index contributed by atoms with van der Waals surface area (Å²) in [6.45, 7) is 0.209. The molecule has 0 spiro atoms. The Hall–Kier alpha value is -2.88. The molecule has 0 radical (unpaired) electrons. The fraction of sp³-hybridized carbons (Fsp3) is 0.455. The number of carbonyl (C=O) groups is 1. The summed E-state index contributed by atoms with van der Waals surface area (Å²) < 4.78 is 46.9. The average molecular weight is 480 g/mol. The summed E-state index contributed by atoms with van der Waals surface area (Å²) in [7, 11) is 0. The molecule has 11 heteroatoms. The van der Waals surface area contributed by atoms with Crippen LogP contribution in [0.5, 0.6) is 0 Å². The lowest BCUT2D eigenvalue weighted by atomic mass is 9.85. The van der Waals surface area contributed by atoms with Gasteiger partial charge >= 0.3 is 0 Å². The number of aromatic nitrogens is 4. The van der Waals surface area contributed by atoms with E-state index in [0.717, 1.165) is 30.0 Å². The van der Waals surface area contributed by atoms with E-state index in [1.807, 2.05) is 0 Å². The summed E-state index contributed by atoms with van der Waals surface area (Å²) in [4.78, 5) is 16.6. The molecule has 2 aromatic heterocycles. The van der Waals surface area contributed by atoms with E-state index >= 15 is 0 Å². The number of alkyl halides is 2. The number of halogens is 4. The maximum atomic E-state index is 13.6. The van der Waals surface area contributed by atoms with Gasteiger partial charge in [0, 0.05) is 11.6 Å². The van der Waals surface area contributed by atoms with Crippen molar-refractivity contribution in [2.45, 2.75) is 50.5 Å². The van der Waals surface area contributed by atoms with Gasteiger partial charge in [0.15, 0.2) is 11.5 Å². The number of rotatable bonds is 8. The van der Waals surface area contributed by atoms with Crippen LogP contribution in [0, 0.1) is 11.7 Å². The molecular formula is C22H21ClF3N5O2. The van der Waals surface area contributed by atoms with E-state index < -0.39 is 23.4 Å². The van der Waals surface area contributed by atoms with Gasteiger partial charge in [-0.25, -0.2) is 13.2 Å². The summed E-state index contributed by atoms with van der Waals surface area (Å²) in [5.74, 6) is -0.0806. The zero-order valence-electron chi connectivity index (χ0n) is 17.5. The number of nitrogens with one attached hydrogen (secondary N) is 1. The first-order chi connectivity index (χ1) is 15.9. The highest BCUT2D eigenvalue weighted by atomic mass is 35.5. The number of amides is 1. The topological polar surface area (TPSA) is 85.8 Å². The van der Waals surface area contributed by atoms with Crippen molar-refractivity contribution < 1.29 is 22.5 Å². The minimum atomic E-state index is -2.83. The van der Waals surface area contributed by atoms with Gasteiger partial charge in [0.2, 0.25) is 5.91 Å². The van der Waals surface area contributed by atoms with Crippen LogP contribution in [0.1, 0.15) is 55.6 Å². The molecule has 2 fully saturated rings. The monoisotopic (exact) mass is 479 g/mol. The maximum Gasteiger partial charge on any atom is 0.280 e. The van der Waals surface area contributed by atoms with Crippen molar-refractivity contribution in [1.29, 1.82) is 0 Å². The van der Waals surface area contributed by atoms with Gasteiger partial charge in [-0.3, -0.25) is 9.48 Å². The minimum absolute atomic E-state index is 0.0370. The van der Waals surface area contributed by atoms with E-state index in [-0.39, 0.29) is 29.1 Å². The third kappa shape index (κ3) is 4.23. The number of hydrogen-bond acceptors (Lipinski definition) is 5. The third-order valence-electron chi connectivity index (χ3n) is 6.41. The highest BCUT2D eigenvalue weighted by Crippen LogP contribution is 2.54. The quantitative estimate of drug-likeness (QED) is 0.508. The first-order valence-corrected chi connectivity index (χ1v) is 11.2.